The maximum Gasteiger partial charge on any atom is 0.333 e. The van der Waals surface area contributed by atoms with Crippen LogP contribution in [0.5, 0.6) is 0 Å². The van der Waals surface area contributed by atoms with E-state index in [4.69, 9.17) is 10.5 Å². The zero-order valence-corrected chi connectivity index (χ0v) is 6.53. The number of nitrogens with one attached hydrogen (secondary N) is 2. The standard InChI is InChI=1S/C7H6N4O2/c8-5-4-1-3(7(12)13)2-9-6(4)11-10-5/h2,8-9H,1H2,(H,12,13). The van der Waals surface area contributed by atoms with Crippen molar-refractivity contribution in [3.05, 3.63) is 23.2 Å². The van der Waals surface area contributed by atoms with E-state index in [2.05, 4.69) is 15.5 Å². The molecule has 0 amide bonds. The van der Waals surface area contributed by atoms with Crippen molar-refractivity contribution in [1.82, 2.24) is 5.32 Å². The van der Waals surface area contributed by atoms with Crippen LogP contribution >= 0.6 is 0 Å². The molecule has 66 valence electrons. The topological polar surface area (TPSA) is 97.9 Å². The number of hydrogen-bond donors (Lipinski definition) is 3. The van der Waals surface area contributed by atoms with Gasteiger partial charge in [-0.25, -0.2) is 4.79 Å². The highest BCUT2D eigenvalue weighted by Gasteiger charge is 2.24. The van der Waals surface area contributed by atoms with Crippen molar-refractivity contribution in [3.8, 4) is 0 Å². The summed E-state index contributed by atoms with van der Waals surface area (Å²) in [5.41, 5.74) is 0.760. The van der Waals surface area contributed by atoms with E-state index in [1.165, 1.54) is 6.20 Å². The fraction of sp³-hybridized carbons (Fsp3) is 0.143. The summed E-state index contributed by atoms with van der Waals surface area (Å²) in [6.07, 6.45) is 1.59. The SMILES string of the molecule is N=C1N=NC2=C1CC(C(=O)O)=CN2. The Morgan fingerprint density at radius 2 is 2.38 bits per heavy atom. The van der Waals surface area contributed by atoms with Crippen LogP contribution in [0, 0.1) is 5.41 Å². The number of azo groups is 1. The summed E-state index contributed by atoms with van der Waals surface area (Å²) in [6, 6.07) is 0. The smallest absolute Gasteiger partial charge is 0.333 e. The zero-order chi connectivity index (χ0) is 9.42. The van der Waals surface area contributed by atoms with E-state index in [0.29, 0.717) is 11.4 Å². The fourth-order valence-corrected chi connectivity index (χ4v) is 1.15. The Bertz CT molecular complexity index is 391. The summed E-state index contributed by atoms with van der Waals surface area (Å²) >= 11 is 0. The Balaban J connectivity index is 2.26. The normalized spacial score (nSPS) is 19.7. The van der Waals surface area contributed by atoms with Gasteiger partial charge in [-0.15, -0.1) is 10.2 Å². The minimum Gasteiger partial charge on any atom is -0.478 e. The maximum absolute atomic E-state index is 10.6. The lowest BCUT2D eigenvalue weighted by Crippen LogP contribution is -2.17. The van der Waals surface area contributed by atoms with Crippen LogP contribution in [0.2, 0.25) is 0 Å². The Kier molecular flexibility index (Phi) is 1.48. The second kappa shape index (κ2) is 2.51. The molecule has 0 saturated carbocycles. The average molecular weight is 178 g/mol. The van der Waals surface area contributed by atoms with Crippen molar-refractivity contribution < 1.29 is 9.90 Å². The van der Waals surface area contributed by atoms with Gasteiger partial charge in [-0.05, 0) is 0 Å². The van der Waals surface area contributed by atoms with E-state index in [9.17, 15) is 4.79 Å². The summed E-state index contributed by atoms with van der Waals surface area (Å²) in [4.78, 5) is 10.6. The summed E-state index contributed by atoms with van der Waals surface area (Å²) in [5, 5.41) is 25.9. The largest absolute Gasteiger partial charge is 0.478 e. The average Bonchev–Trinajstić information content (AvgIpc) is 2.47. The van der Waals surface area contributed by atoms with Gasteiger partial charge >= 0.3 is 5.97 Å². The Labute approximate surface area is 73.2 Å². The molecule has 0 bridgehead atoms. The zero-order valence-electron chi connectivity index (χ0n) is 6.53. The van der Waals surface area contributed by atoms with Crippen molar-refractivity contribution in [3.63, 3.8) is 0 Å². The number of nitrogens with zero attached hydrogens (tertiary/aromatic N) is 2. The number of aliphatic carboxylic acids is 1. The highest BCUT2D eigenvalue weighted by atomic mass is 16.4. The third kappa shape index (κ3) is 1.12. The van der Waals surface area contributed by atoms with E-state index in [-0.39, 0.29) is 17.8 Å². The first-order valence-electron chi connectivity index (χ1n) is 3.61. The van der Waals surface area contributed by atoms with E-state index in [0.717, 1.165) is 0 Å². The van der Waals surface area contributed by atoms with Crippen molar-refractivity contribution >= 4 is 11.8 Å². The second-order valence-corrected chi connectivity index (χ2v) is 2.67. The Morgan fingerprint density at radius 1 is 1.62 bits per heavy atom. The van der Waals surface area contributed by atoms with Gasteiger partial charge in [-0.2, -0.15) is 0 Å². The number of carbonyl (C=O) groups is 1. The van der Waals surface area contributed by atoms with Crippen LogP contribution in [0.4, 0.5) is 0 Å². The van der Waals surface area contributed by atoms with Gasteiger partial charge in [-0.3, -0.25) is 5.41 Å². The van der Waals surface area contributed by atoms with Gasteiger partial charge in [-0.1, -0.05) is 0 Å². The first-order chi connectivity index (χ1) is 6.18. The van der Waals surface area contributed by atoms with Crippen molar-refractivity contribution in [2.75, 3.05) is 0 Å². The Hall–Kier alpha value is -1.98. The highest BCUT2D eigenvalue weighted by molar-refractivity contribution is 6.01. The molecule has 0 aromatic rings. The molecule has 0 aliphatic carbocycles. The lowest BCUT2D eigenvalue weighted by Gasteiger charge is -2.10. The molecule has 6 nitrogen and oxygen atoms in total. The molecule has 2 rings (SSSR count). The third-order valence-electron chi connectivity index (χ3n) is 1.85. The number of amidine groups is 1. The van der Waals surface area contributed by atoms with Gasteiger partial charge in [0.05, 0.1) is 5.57 Å². The molecule has 0 radical (unpaired) electrons. The number of carboxylic acid groups (broad SMARTS) is 1. The number of carboxylic acids is 1. The fourth-order valence-electron chi connectivity index (χ4n) is 1.15. The molecule has 2 heterocycles. The number of hydrogen-bond acceptors (Lipinski definition) is 4. The monoisotopic (exact) mass is 178 g/mol. The molecule has 2 aliphatic heterocycles. The van der Waals surface area contributed by atoms with Crippen LogP contribution in [0.1, 0.15) is 6.42 Å². The van der Waals surface area contributed by atoms with E-state index >= 15 is 0 Å². The molecule has 0 atom stereocenters. The van der Waals surface area contributed by atoms with E-state index < -0.39 is 5.97 Å². The molecule has 0 aromatic heterocycles. The van der Waals surface area contributed by atoms with Gasteiger partial charge in [0.2, 0.25) is 0 Å². The first kappa shape index (κ1) is 7.66. The lowest BCUT2D eigenvalue weighted by atomic mass is 10.0. The summed E-state index contributed by atoms with van der Waals surface area (Å²) in [7, 11) is 0. The van der Waals surface area contributed by atoms with Crippen LogP contribution < -0.4 is 5.32 Å². The molecule has 0 unspecified atom stereocenters. The molecule has 0 saturated heterocycles. The molecular weight excluding hydrogens is 172 g/mol. The predicted molar refractivity (Wildman–Crippen MR) is 43.1 cm³/mol. The second-order valence-electron chi connectivity index (χ2n) is 2.67. The number of rotatable bonds is 1. The molecule has 0 aromatic carbocycles. The van der Waals surface area contributed by atoms with Crippen molar-refractivity contribution in [2.45, 2.75) is 6.42 Å². The van der Waals surface area contributed by atoms with Crippen molar-refractivity contribution in [1.29, 1.82) is 5.41 Å². The molecule has 2 aliphatic rings. The van der Waals surface area contributed by atoms with Gasteiger partial charge in [0.15, 0.2) is 11.7 Å². The van der Waals surface area contributed by atoms with Gasteiger partial charge in [0.25, 0.3) is 0 Å². The molecule has 6 heteroatoms. The minimum absolute atomic E-state index is 0.0364. The van der Waals surface area contributed by atoms with Gasteiger partial charge in [0, 0.05) is 18.2 Å². The van der Waals surface area contributed by atoms with Crippen LogP contribution in [-0.2, 0) is 4.79 Å². The maximum atomic E-state index is 10.6. The van der Waals surface area contributed by atoms with Crippen LogP contribution in [-0.4, -0.2) is 16.9 Å². The van der Waals surface area contributed by atoms with Crippen LogP contribution in [0.15, 0.2) is 33.4 Å². The van der Waals surface area contributed by atoms with Crippen molar-refractivity contribution in [2.24, 2.45) is 10.2 Å². The highest BCUT2D eigenvalue weighted by Crippen LogP contribution is 2.25. The molecule has 0 fully saturated rings. The molecule has 3 N–H and O–H groups in total. The summed E-state index contributed by atoms with van der Waals surface area (Å²) < 4.78 is 0. The quantitative estimate of drug-likeness (QED) is 0.548. The minimum atomic E-state index is -0.987. The summed E-state index contributed by atoms with van der Waals surface area (Å²) in [6.45, 7) is 0. The predicted octanol–water partition coefficient (Wildman–Crippen LogP) is 0.603. The van der Waals surface area contributed by atoms with E-state index in [1.807, 2.05) is 0 Å². The molecule has 13 heavy (non-hydrogen) atoms. The van der Waals surface area contributed by atoms with Crippen LogP contribution in [0.3, 0.4) is 0 Å². The Morgan fingerprint density at radius 3 is 3.08 bits per heavy atom. The molecule has 0 spiro atoms. The van der Waals surface area contributed by atoms with E-state index in [1.54, 1.807) is 0 Å². The first-order valence-corrected chi connectivity index (χ1v) is 3.61. The third-order valence-corrected chi connectivity index (χ3v) is 1.85. The summed E-state index contributed by atoms with van der Waals surface area (Å²) in [5.74, 6) is -0.469. The lowest BCUT2D eigenvalue weighted by molar-refractivity contribution is -0.132. The van der Waals surface area contributed by atoms with Gasteiger partial charge < -0.3 is 10.4 Å². The number of dihydropyridines is 1. The van der Waals surface area contributed by atoms with Gasteiger partial charge in [0.1, 0.15) is 0 Å². The molecular formula is C7H6N4O2. The van der Waals surface area contributed by atoms with Crippen LogP contribution in [0.25, 0.3) is 0 Å².